The van der Waals surface area contributed by atoms with E-state index in [9.17, 15) is 14.0 Å². The fraction of sp³-hybridized carbons (Fsp3) is 0.0417. The number of amidine groups is 1. The van der Waals surface area contributed by atoms with E-state index in [1.807, 2.05) is 0 Å². The van der Waals surface area contributed by atoms with Crippen molar-refractivity contribution in [3.05, 3.63) is 105 Å². The molecule has 0 aromatic heterocycles. The Balaban J connectivity index is 1.43. The van der Waals surface area contributed by atoms with Gasteiger partial charge in [0, 0.05) is 5.56 Å². The average Bonchev–Trinajstić information content (AvgIpc) is 3.13. The predicted octanol–water partition coefficient (Wildman–Crippen LogP) is 5.46. The lowest BCUT2D eigenvalue weighted by atomic mass is 10.2. The minimum Gasteiger partial charge on any atom is -0.487 e. The molecule has 3 aromatic rings. The van der Waals surface area contributed by atoms with E-state index in [1.165, 1.54) is 12.1 Å². The third-order valence-electron chi connectivity index (χ3n) is 4.44. The number of amides is 2. The predicted molar refractivity (Wildman–Crippen MR) is 124 cm³/mol. The highest BCUT2D eigenvalue weighted by Gasteiger charge is 2.25. The number of rotatable bonds is 5. The van der Waals surface area contributed by atoms with E-state index < -0.39 is 5.91 Å². The standard InChI is InChI=1S/C24H16ClFN2O3S/c25-19-12-16(8-11-20(19)31-14-15-6-9-18(26)10-7-15)13-21-23(30)28-24(32-21)27-22(29)17-4-2-1-3-5-17/h1-13H,14H2,(H,27,28,29,30)/b21-13-. The third-order valence-corrected chi connectivity index (χ3v) is 5.64. The Morgan fingerprint density at radius 2 is 1.84 bits per heavy atom. The van der Waals surface area contributed by atoms with Gasteiger partial charge in [-0.1, -0.05) is 48.0 Å². The van der Waals surface area contributed by atoms with Crippen LogP contribution in [-0.4, -0.2) is 17.0 Å². The Kier molecular flexibility index (Phi) is 6.68. The molecule has 0 unspecified atom stereocenters. The van der Waals surface area contributed by atoms with Crippen molar-refractivity contribution in [1.82, 2.24) is 5.32 Å². The molecule has 1 aliphatic rings. The summed E-state index contributed by atoms with van der Waals surface area (Å²) in [6.45, 7) is 0.244. The van der Waals surface area contributed by atoms with Gasteiger partial charge in [0.2, 0.25) is 0 Å². The number of carbonyl (C=O) groups excluding carboxylic acids is 2. The fourth-order valence-corrected chi connectivity index (χ4v) is 3.90. The highest BCUT2D eigenvalue weighted by atomic mass is 35.5. The molecule has 0 spiro atoms. The number of aliphatic imine (C=N–C) groups is 1. The van der Waals surface area contributed by atoms with Crippen molar-refractivity contribution in [3.8, 4) is 5.75 Å². The van der Waals surface area contributed by atoms with E-state index in [0.717, 1.165) is 17.3 Å². The second-order valence-electron chi connectivity index (χ2n) is 6.76. The van der Waals surface area contributed by atoms with Gasteiger partial charge in [-0.2, -0.15) is 4.99 Å². The minimum atomic E-state index is -0.430. The zero-order valence-corrected chi connectivity index (χ0v) is 18.1. The van der Waals surface area contributed by atoms with Crippen LogP contribution in [-0.2, 0) is 11.4 Å². The molecule has 4 rings (SSSR count). The number of ether oxygens (including phenoxy) is 1. The number of carbonyl (C=O) groups is 2. The summed E-state index contributed by atoms with van der Waals surface area (Å²) in [6, 6.07) is 19.8. The molecule has 1 saturated heterocycles. The van der Waals surface area contributed by atoms with E-state index in [1.54, 1.807) is 66.7 Å². The number of hydrogen-bond acceptors (Lipinski definition) is 4. The lowest BCUT2D eigenvalue weighted by Crippen LogP contribution is -2.20. The van der Waals surface area contributed by atoms with Crippen molar-refractivity contribution in [1.29, 1.82) is 0 Å². The quantitative estimate of drug-likeness (QED) is 0.507. The van der Waals surface area contributed by atoms with E-state index in [0.29, 0.717) is 26.8 Å². The summed E-state index contributed by atoms with van der Waals surface area (Å²) in [4.78, 5) is 28.8. The Labute approximate surface area is 193 Å². The van der Waals surface area contributed by atoms with Crippen LogP contribution in [0.4, 0.5) is 4.39 Å². The number of nitrogens with zero attached hydrogens (tertiary/aromatic N) is 1. The monoisotopic (exact) mass is 466 g/mol. The molecule has 1 aliphatic heterocycles. The third kappa shape index (κ3) is 5.43. The number of thioether (sulfide) groups is 1. The molecule has 0 saturated carbocycles. The maximum Gasteiger partial charge on any atom is 0.279 e. The molecule has 2 amide bonds. The molecular weight excluding hydrogens is 451 g/mol. The maximum atomic E-state index is 13.0. The molecule has 5 nitrogen and oxygen atoms in total. The van der Waals surface area contributed by atoms with Crippen molar-refractivity contribution >= 4 is 46.4 Å². The van der Waals surface area contributed by atoms with E-state index >= 15 is 0 Å². The van der Waals surface area contributed by atoms with Crippen molar-refractivity contribution < 1.29 is 18.7 Å². The van der Waals surface area contributed by atoms with Gasteiger partial charge >= 0.3 is 0 Å². The Morgan fingerprint density at radius 1 is 1.09 bits per heavy atom. The fourth-order valence-electron chi connectivity index (χ4n) is 2.84. The van der Waals surface area contributed by atoms with Gasteiger partial charge in [-0.05, 0) is 65.4 Å². The molecule has 1 N–H and O–H groups in total. The first kappa shape index (κ1) is 21.8. The molecule has 3 aromatic carbocycles. The van der Waals surface area contributed by atoms with Crippen molar-refractivity contribution in [2.45, 2.75) is 6.61 Å². The lowest BCUT2D eigenvalue weighted by Gasteiger charge is -2.09. The zero-order chi connectivity index (χ0) is 22.5. The molecule has 0 aliphatic carbocycles. The second-order valence-corrected chi connectivity index (χ2v) is 8.20. The Hall–Kier alpha value is -3.42. The molecule has 32 heavy (non-hydrogen) atoms. The van der Waals surface area contributed by atoms with Crippen LogP contribution in [0.3, 0.4) is 0 Å². The first-order chi connectivity index (χ1) is 15.5. The van der Waals surface area contributed by atoms with Crippen LogP contribution in [0.2, 0.25) is 5.02 Å². The van der Waals surface area contributed by atoms with Crippen LogP contribution in [0.25, 0.3) is 6.08 Å². The number of benzene rings is 3. The van der Waals surface area contributed by atoms with Gasteiger partial charge in [-0.3, -0.25) is 9.59 Å². The lowest BCUT2D eigenvalue weighted by molar-refractivity contribution is -0.115. The molecule has 8 heteroatoms. The molecule has 0 radical (unpaired) electrons. The summed E-state index contributed by atoms with van der Waals surface area (Å²) < 4.78 is 18.7. The summed E-state index contributed by atoms with van der Waals surface area (Å²) in [5.41, 5.74) is 1.94. The van der Waals surface area contributed by atoms with E-state index in [-0.39, 0.29) is 23.5 Å². The van der Waals surface area contributed by atoms with Crippen molar-refractivity contribution in [3.63, 3.8) is 0 Å². The van der Waals surface area contributed by atoms with Gasteiger partial charge < -0.3 is 10.1 Å². The number of hydrogen-bond donors (Lipinski definition) is 1. The molecule has 160 valence electrons. The van der Waals surface area contributed by atoms with Gasteiger partial charge in [0.25, 0.3) is 11.8 Å². The average molecular weight is 467 g/mol. The minimum absolute atomic E-state index is 0.223. The first-order valence-electron chi connectivity index (χ1n) is 9.54. The van der Waals surface area contributed by atoms with Crippen molar-refractivity contribution in [2.75, 3.05) is 0 Å². The number of nitrogens with one attached hydrogen (secondary N) is 1. The van der Waals surface area contributed by atoms with Crippen LogP contribution >= 0.6 is 23.4 Å². The van der Waals surface area contributed by atoms with Gasteiger partial charge in [0.1, 0.15) is 18.2 Å². The molecule has 1 fully saturated rings. The Morgan fingerprint density at radius 3 is 2.56 bits per heavy atom. The largest absolute Gasteiger partial charge is 0.487 e. The number of halogens is 2. The smallest absolute Gasteiger partial charge is 0.279 e. The first-order valence-corrected chi connectivity index (χ1v) is 10.7. The maximum absolute atomic E-state index is 13.0. The molecule has 0 bridgehead atoms. The SMILES string of the molecule is O=C1NC(=NC(=O)c2ccccc2)S/C1=C\c1ccc(OCc2ccc(F)cc2)c(Cl)c1. The highest BCUT2D eigenvalue weighted by molar-refractivity contribution is 8.18. The van der Waals surface area contributed by atoms with Crippen LogP contribution in [0, 0.1) is 5.82 Å². The highest BCUT2D eigenvalue weighted by Crippen LogP contribution is 2.30. The van der Waals surface area contributed by atoms with Crippen LogP contribution in [0.1, 0.15) is 21.5 Å². The van der Waals surface area contributed by atoms with Crippen LogP contribution in [0.5, 0.6) is 5.75 Å². The second kappa shape index (κ2) is 9.80. The van der Waals surface area contributed by atoms with Crippen molar-refractivity contribution in [2.24, 2.45) is 4.99 Å². The van der Waals surface area contributed by atoms with E-state index in [4.69, 9.17) is 16.3 Å². The summed E-state index contributed by atoms with van der Waals surface area (Å²) in [5, 5.41) is 3.19. The van der Waals surface area contributed by atoms with Crippen LogP contribution in [0.15, 0.2) is 82.7 Å². The summed E-state index contributed by atoms with van der Waals surface area (Å²) >= 11 is 7.40. The summed E-state index contributed by atoms with van der Waals surface area (Å²) in [6.07, 6.45) is 1.66. The molecule has 0 atom stereocenters. The van der Waals surface area contributed by atoms with Gasteiger partial charge in [0.15, 0.2) is 5.17 Å². The molecular formula is C24H16ClFN2O3S. The van der Waals surface area contributed by atoms with Gasteiger partial charge in [-0.15, -0.1) is 0 Å². The summed E-state index contributed by atoms with van der Waals surface area (Å²) in [5.74, 6) is -0.615. The zero-order valence-electron chi connectivity index (χ0n) is 16.5. The normalized spacial score (nSPS) is 15.8. The van der Waals surface area contributed by atoms with Gasteiger partial charge in [-0.25, -0.2) is 4.39 Å². The molecule has 1 heterocycles. The topological polar surface area (TPSA) is 67.8 Å². The van der Waals surface area contributed by atoms with Crippen LogP contribution < -0.4 is 10.1 Å². The summed E-state index contributed by atoms with van der Waals surface area (Å²) in [7, 11) is 0. The van der Waals surface area contributed by atoms with E-state index in [2.05, 4.69) is 10.3 Å². The van der Waals surface area contributed by atoms with Gasteiger partial charge in [0.05, 0.1) is 9.93 Å². The Bertz CT molecular complexity index is 1230.